The molecule has 2 aliphatic rings. The lowest BCUT2D eigenvalue weighted by Gasteiger charge is -2.34. The van der Waals surface area contributed by atoms with Crippen LogP contribution in [0.3, 0.4) is 0 Å². The zero-order chi connectivity index (χ0) is 24.4. The Morgan fingerprint density at radius 3 is 1.49 bits per heavy atom. The van der Waals surface area contributed by atoms with Gasteiger partial charge in [0.15, 0.2) is 0 Å². The largest absolute Gasteiger partial charge is 0.496 e. The maximum Gasteiger partial charge on any atom is 0.122 e. The van der Waals surface area contributed by atoms with Crippen LogP contribution in [-0.4, -0.2) is 27.4 Å². The first-order chi connectivity index (χ1) is 17.2. The summed E-state index contributed by atoms with van der Waals surface area (Å²) in [7, 11) is 3.51. The standard InChI is InChI=1S/C32H38O3/c1-33-29-17-7-5-15-27(29)31(19-9-3-10-20-31)23-13-25-35-26-14-24-32(21-11-4-12-22-32)28-16-6-8-18-30(28)34-2/h3-12,15-19,21H,13-14,20,22-26H2,1-2H3. The van der Waals surface area contributed by atoms with E-state index >= 15 is 0 Å². The Bertz CT molecular complexity index is 994. The van der Waals surface area contributed by atoms with E-state index in [0.717, 1.165) is 63.2 Å². The van der Waals surface area contributed by atoms with Crippen LogP contribution >= 0.6 is 0 Å². The Morgan fingerprint density at radius 1 is 0.629 bits per heavy atom. The summed E-state index contributed by atoms with van der Waals surface area (Å²) in [5.74, 6) is 1.93. The highest BCUT2D eigenvalue weighted by Gasteiger charge is 2.33. The summed E-state index contributed by atoms with van der Waals surface area (Å²) >= 11 is 0. The quantitative estimate of drug-likeness (QED) is 0.301. The second kappa shape index (κ2) is 12.1. The molecular formula is C32H38O3. The van der Waals surface area contributed by atoms with Crippen LogP contribution in [0.5, 0.6) is 11.5 Å². The second-order valence-corrected chi connectivity index (χ2v) is 9.52. The minimum atomic E-state index is -0.0299. The van der Waals surface area contributed by atoms with Gasteiger partial charge in [0.05, 0.1) is 14.2 Å². The fourth-order valence-electron chi connectivity index (χ4n) is 5.56. The van der Waals surface area contributed by atoms with Gasteiger partial charge >= 0.3 is 0 Å². The van der Waals surface area contributed by atoms with Crippen LogP contribution in [0.25, 0.3) is 0 Å². The van der Waals surface area contributed by atoms with Crippen LogP contribution in [0.4, 0.5) is 0 Å². The molecule has 0 aromatic heterocycles. The Hall–Kier alpha value is -3.04. The number of hydrogen-bond donors (Lipinski definition) is 0. The van der Waals surface area contributed by atoms with Gasteiger partial charge in [0.25, 0.3) is 0 Å². The van der Waals surface area contributed by atoms with Crippen molar-refractivity contribution in [1.82, 2.24) is 0 Å². The van der Waals surface area contributed by atoms with Gasteiger partial charge in [-0.3, -0.25) is 0 Å². The van der Waals surface area contributed by atoms with Gasteiger partial charge in [-0.2, -0.15) is 0 Å². The van der Waals surface area contributed by atoms with Crippen LogP contribution in [0.2, 0.25) is 0 Å². The third kappa shape index (κ3) is 5.79. The summed E-state index contributed by atoms with van der Waals surface area (Å²) in [6.45, 7) is 1.54. The zero-order valence-corrected chi connectivity index (χ0v) is 21.1. The lowest BCUT2D eigenvalue weighted by Crippen LogP contribution is -2.26. The van der Waals surface area contributed by atoms with Gasteiger partial charge in [-0.15, -0.1) is 0 Å². The van der Waals surface area contributed by atoms with Crippen LogP contribution < -0.4 is 9.47 Å². The number of para-hydroxylation sites is 2. The molecule has 0 aliphatic heterocycles. The Kier molecular flexibility index (Phi) is 8.65. The summed E-state index contributed by atoms with van der Waals surface area (Å²) in [5.41, 5.74) is 2.47. The fourth-order valence-corrected chi connectivity index (χ4v) is 5.56. The smallest absolute Gasteiger partial charge is 0.122 e. The molecular weight excluding hydrogens is 432 g/mol. The molecule has 0 bridgehead atoms. The van der Waals surface area contributed by atoms with E-state index in [1.165, 1.54) is 11.1 Å². The van der Waals surface area contributed by atoms with Gasteiger partial charge in [0, 0.05) is 35.2 Å². The molecule has 0 N–H and O–H groups in total. The maximum atomic E-state index is 6.14. The van der Waals surface area contributed by atoms with Gasteiger partial charge in [0.1, 0.15) is 11.5 Å². The number of rotatable bonds is 12. The van der Waals surface area contributed by atoms with Crippen molar-refractivity contribution in [3.05, 3.63) is 108 Å². The van der Waals surface area contributed by atoms with Crippen LogP contribution in [-0.2, 0) is 15.6 Å². The SMILES string of the molecule is COc1ccccc1C1(CCCOCCCC2(c3ccccc3OC)C=CC=CC2)C=CC=CC1. The monoisotopic (exact) mass is 470 g/mol. The first-order valence-corrected chi connectivity index (χ1v) is 12.8. The minimum Gasteiger partial charge on any atom is -0.496 e. The highest BCUT2D eigenvalue weighted by atomic mass is 16.5. The highest BCUT2D eigenvalue weighted by molar-refractivity contribution is 5.46. The van der Waals surface area contributed by atoms with E-state index in [1.807, 2.05) is 12.1 Å². The van der Waals surface area contributed by atoms with Gasteiger partial charge in [-0.05, 0) is 50.7 Å². The lowest BCUT2D eigenvalue weighted by atomic mass is 9.72. The van der Waals surface area contributed by atoms with Gasteiger partial charge in [-0.1, -0.05) is 85.0 Å². The third-order valence-electron chi connectivity index (χ3n) is 7.40. The molecule has 2 aliphatic carbocycles. The Balaban J connectivity index is 1.31. The number of ether oxygens (including phenoxy) is 3. The summed E-state index contributed by atoms with van der Waals surface area (Å²) in [6, 6.07) is 16.8. The maximum absolute atomic E-state index is 6.14. The number of benzene rings is 2. The Morgan fingerprint density at radius 2 is 1.09 bits per heavy atom. The van der Waals surface area contributed by atoms with Crippen molar-refractivity contribution in [2.75, 3.05) is 27.4 Å². The molecule has 2 unspecified atom stereocenters. The van der Waals surface area contributed by atoms with Crippen molar-refractivity contribution in [2.24, 2.45) is 0 Å². The summed E-state index contributed by atoms with van der Waals surface area (Å²) in [6.07, 6.45) is 23.9. The van der Waals surface area contributed by atoms with Crippen LogP contribution in [0.1, 0.15) is 49.7 Å². The Labute approximate surface area is 210 Å². The minimum absolute atomic E-state index is 0.0299. The highest BCUT2D eigenvalue weighted by Crippen LogP contribution is 2.43. The van der Waals surface area contributed by atoms with Crippen LogP contribution in [0, 0.1) is 0 Å². The van der Waals surface area contributed by atoms with Crippen molar-refractivity contribution in [3.63, 3.8) is 0 Å². The molecule has 2 aromatic carbocycles. The zero-order valence-electron chi connectivity index (χ0n) is 21.1. The average Bonchev–Trinajstić information content (AvgIpc) is 2.93. The van der Waals surface area contributed by atoms with E-state index in [-0.39, 0.29) is 10.8 Å². The molecule has 0 amide bonds. The summed E-state index contributed by atoms with van der Waals surface area (Å²) in [4.78, 5) is 0. The van der Waals surface area contributed by atoms with E-state index in [0.29, 0.717) is 0 Å². The van der Waals surface area contributed by atoms with Gasteiger partial charge in [0.2, 0.25) is 0 Å². The molecule has 0 heterocycles. The molecule has 0 fully saturated rings. The molecule has 3 nitrogen and oxygen atoms in total. The van der Waals surface area contributed by atoms with Gasteiger partial charge < -0.3 is 14.2 Å². The number of allylic oxidation sites excluding steroid dienone is 8. The molecule has 4 rings (SSSR count). The predicted molar refractivity (Wildman–Crippen MR) is 144 cm³/mol. The third-order valence-corrected chi connectivity index (χ3v) is 7.40. The topological polar surface area (TPSA) is 27.7 Å². The number of methoxy groups -OCH3 is 2. The second-order valence-electron chi connectivity index (χ2n) is 9.52. The fraction of sp³-hybridized carbons (Fsp3) is 0.375. The molecule has 0 saturated heterocycles. The first kappa shape index (κ1) is 25.1. The molecule has 0 saturated carbocycles. The van der Waals surface area contributed by atoms with Crippen molar-refractivity contribution >= 4 is 0 Å². The molecule has 2 atom stereocenters. The predicted octanol–water partition coefficient (Wildman–Crippen LogP) is 7.49. The summed E-state index contributed by atoms with van der Waals surface area (Å²) < 4.78 is 17.5. The number of hydrogen-bond acceptors (Lipinski definition) is 3. The molecule has 35 heavy (non-hydrogen) atoms. The van der Waals surface area contributed by atoms with E-state index < -0.39 is 0 Å². The van der Waals surface area contributed by atoms with Crippen molar-refractivity contribution in [3.8, 4) is 11.5 Å². The van der Waals surface area contributed by atoms with E-state index in [9.17, 15) is 0 Å². The summed E-state index contributed by atoms with van der Waals surface area (Å²) in [5, 5.41) is 0. The molecule has 3 heteroatoms. The normalized spacial score (nSPS) is 22.9. The molecule has 2 aromatic rings. The van der Waals surface area contributed by atoms with Crippen molar-refractivity contribution < 1.29 is 14.2 Å². The molecule has 0 radical (unpaired) electrons. The first-order valence-electron chi connectivity index (χ1n) is 12.8. The van der Waals surface area contributed by atoms with E-state index in [4.69, 9.17) is 14.2 Å². The molecule has 0 spiro atoms. The van der Waals surface area contributed by atoms with Crippen molar-refractivity contribution in [2.45, 2.75) is 49.4 Å². The van der Waals surface area contributed by atoms with Gasteiger partial charge in [-0.25, -0.2) is 0 Å². The molecule has 184 valence electrons. The van der Waals surface area contributed by atoms with Crippen molar-refractivity contribution in [1.29, 1.82) is 0 Å². The lowest BCUT2D eigenvalue weighted by molar-refractivity contribution is 0.119. The van der Waals surface area contributed by atoms with E-state index in [2.05, 4.69) is 85.0 Å². The average molecular weight is 471 g/mol. The van der Waals surface area contributed by atoms with Crippen LogP contribution in [0.15, 0.2) is 97.1 Å². The van der Waals surface area contributed by atoms with E-state index in [1.54, 1.807) is 14.2 Å².